The molecule has 1 aromatic carbocycles. The zero-order valence-corrected chi connectivity index (χ0v) is 17.5. The zero-order chi connectivity index (χ0) is 21.0. The number of carbonyl (C=O) groups excluding carboxylic acids is 2. The van der Waals surface area contributed by atoms with E-state index in [0.717, 1.165) is 24.0 Å². The lowest BCUT2D eigenvalue weighted by Crippen LogP contribution is -2.52. The first-order chi connectivity index (χ1) is 13.8. The largest absolute Gasteiger partial charge is 0.481 e. The maximum atomic E-state index is 13.1. The molecule has 1 saturated heterocycles. The number of benzene rings is 1. The molecular formula is C23H32N2O4. The van der Waals surface area contributed by atoms with Crippen molar-refractivity contribution in [1.29, 1.82) is 0 Å². The van der Waals surface area contributed by atoms with Gasteiger partial charge in [0.05, 0.1) is 0 Å². The second-order valence-corrected chi connectivity index (χ2v) is 8.87. The van der Waals surface area contributed by atoms with E-state index < -0.39 is 12.0 Å². The van der Waals surface area contributed by atoms with Crippen LogP contribution in [0.5, 0.6) is 0 Å². The van der Waals surface area contributed by atoms with E-state index in [9.17, 15) is 14.4 Å². The molecule has 3 rings (SSSR count). The maximum absolute atomic E-state index is 13.1. The molecular weight excluding hydrogens is 368 g/mol. The van der Waals surface area contributed by atoms with Crippen LogP contribution in [-0.2, 0) is 9.59 Å². The average Bonchev–Trinajstić information content (AvgIpc) is 3.12. The van der Waals surface area contributed by atoms with Crippen molar-refractivity contribution in [1.82, 2.24) is 10.2 Å². The fraction of sp³-hybridized carbons (Fsp3) is 0.609. The Hall–Kier alpha value is -2.37. The van der Waals surface area contributed by atoms with Crippen molar-refractivity contribution in [3.63, 3.8) is 0 Å². The van der Waals surface area contributed by atoms with Gasteiger partial charge >= 0.3 is 5.97 Å². The van der Waals surface area contributed by atoms with E-state index in [4.69, 9.17) is 5.11 Å². The van der Waals surface area contributed by atoms with Crippen LogP contribution in [0.3, 0.4) is 0 Å². The van der Waals surface area contributed by atoms with Gasteiger partial charge in [-0.2, -0.15) is 0 Å². The molecule has 2 amide bonds. The number of piperidine rings is 1. The van der Waals surface area contributed by atoms with Crippen LogP contribution in [0.15, 0.2) is 18.2 Å². The number of nitrogens with one attached hydrogen (secondary N) is 1. The summed E-state index contributed by atoms with van der Waals surface area (Å²) in [5.41, 5.74) is 2.84. The van der Waals surface area contributed by atoms with Crippen LogP contribution < -0.4 is 5.32 Å². The zero-order valence-electron chi connectivity index (χ0n) is 17.5. The summed E-state index contributed by atoms with van der Waals surface area (Å²) < 4.78 is 0. The van der Waals surface area contributed by atoms with Crippen molar-refractivity contribution >= 4 is 17.8 Å². The van der Waals surface area contributed by atoms with Crippen molar-refractivity contribution in [2.45, 2.75) is 71.3 Å². The van der Waals surface area contributed by atoms with E-state index in [0.29, 0.717) is 24.1 Å². The van der Waals surface area contributed by atoms with Gasteiger partial charge in [-0.05, 0) is 63.5 Å². The molecule has 6 nitrogen and oxygen atoms in total. The molecule has 1 aliphatic heterocycles. The van der Waals surface area contributed by atoms with E-state index in [1.807, 2.05) is 24.8 Å². The average molecular weight is 401 g/mol. The van der Waals surface area contributed by atoms with Gasteiger partial charge in [-0.1, -0.05) is 30.0 Å². The minimum absolute atomic E-state index is 0.104. The quantitative estimate of drug-likeness (QED) is 0.766. The van der Waals surface area contributed by atoms with Crippen molar-refractivity contribution < 1.29 is 19.5 Å². The van der Waals surface area contributed by atoms with Gasteiger partial charge in [-0.25, -0.2) is 0 Å². The Morgan fingerprint density at radius 1 is 1.03 bits per heavy atom. The molecule has 1 atom stereocenters. The maximum Gasteiger partial charge on any atom is 0.303 e. The number of carbonyl (C=O) groups is 3. The molecule has 2 fully saturated rings. The fourth-order valence-corrected chi connectivity index (χ4v) is 4.92. The van der Waals surface area contributed by atoms with Gasteiger partial charge in [0.2, 0.25) is 5.91 Å². The standard InChI is InChI=1S/C23H32N2O4/c1-16-13-17(2)15-18(14-16)21(28)24-19(5-6-20(26)27)22(29)25-11-9-23(10-12-25)7-3-4-8-23/h13-15,19H,3-12H2,1-2H3,(H,24,28)(H,26,27)/t19-/m1/s1. The number of hydrogen-bond acceptors (Lipinski definition) is 3. The predicted molar refractivity (Wildman–Crippen MR) is 111 cm³/mol. The van der Waals surface area contributed by atoms with Crippen LogP contribution in [-0.4, -0.2) is 46.9 Å². The molecule has 158 valence electrons. The Bertz CT molecular complexity index is 753. The summed E-state index contributed by atoms with van der Waals surface area (Å²) in [7, 11) is 0. The third-order valence-corrected chi connectivity index (χ3v) is 6.53. The normalized spacial score (nSPS) is 19.2. The number of carboxylic acids is 1. The first-order valence-electron chi connectivity index (χ1n) is 10.7. The highest BCUT2D eigenvalue weighted by Crippen LogP contribution is 2.46. The summed E-state index contributed by atoms with van der Waals surface area (Å²) in [6.07, 6.45) is 7.03. The third kappa shape index (κ3) is 5.37. The highest BCUT2D eigenvalue weighted by Gasteiger charge is 2.39. The number of aryl methyl sites for hydroxylation is 2. The van der Waals surface area contributed by atoms with Gasteiger partial charge in [-0.15, -0.1) is 0 Å². The molecule has 1 saturated carbocycles. The Morgan fingerprint density at radius 3 is 2.17 bits per heavy atom. The van der Waals surface area contributed by atoms with Gasteiger partial charge < -0.3 is 15.3 Å². The number of rotatable bonds is 6. The summed E-state index contributed by atoms with van der Waals surface area (Å²) in [6.45, 7) is 5.23. The molecule has 0 radical (unpaired) electrons. The summed E-state index contributed by atoms with van der Waals surface area (Å²) >= 11 is 0. The molecule has 2 aliphatic rings. The third-order valence-electron chi connectivity index (χ3n) is 6.53. The Kier molecular flexibility index (Phi) is 6.60. The minimum Gasteiger partial charge on any atom is -0.481 e. The topological polar surface area (TPSA) is 86.7 Å². The molecule has 0 bridgehead atoms. The number of likely N-dealkylation sites (tertiary alicyclic amines) is 1. The van der Waals surface area contributed by atoms with E-state index in [1.54, 1.807) is 12.1 Å². The summed E-state index contributed by atoms with van der Waals surface area (Å²) in [6, 6.07) is 4.74. The van der Waals surface area contributed by atoms with E-state index >= 15 is 0 Å². The van der Waals surface area contributed by atoms with Crippen molar-refractivity contribution in [2.75, 3.05) is 13.1 Å². The lowest BCUT2D eigenvalue weighted by molar-refractivity contribution is -0.138. The molecule has 2 N–H and O–H groups in total. The monoisotopic (exact) mass is 400 g/mol. The predicted octanol–water partition coefficient (Wildman–Crippen LogP) is 3.45. The van der Waals surface area contributed by atoms with Gasteiger partial charge in [0, 0.05) is 25.1 Å². The van der Waals surface area contributed by atoms with Crippen LogP contribution in [0.2, 0.25) is 0 Å². The summed E-state index contributed by atoms with van der Waals surface area (Å²) in [5, 5.41) is 11.9. The number of amides is 2. The Balaban J connectivity index is 1.68. The first kappa shape index (κ1) is 21.3. The van der Waals surface area contributed by atoms with Crippen LogP contribution in [0.4, 0.5) is 0 Å². The molecule has 29 heavy (non-hydrogen) atoms. The molecule has 6 heteroatoms. The highest BCUT2D eigenvalue weighted by molar-refractivity contribution is 5.98. The minimum atomic E-state index is -0.966. The van der Waals surface area contributed by atoms with E-state index in [-0.39, 0.29) is 24.7 Å². The fourth-order valence-electron chi connectivity index (χ4n) is 4.92. The second-order valence-electron chi connectivity index (χ2n) is 8.87. The molecule has 1 aliphatic carbocycles. The van der Waals surface area contributed by atoms with Crippen LogP contribution in [0.1, 0.15) is 72.9 Å². The van der Waals surface area contributed by atoms with Crippen LogP contribution in [0.25, 0.3) is 0 Å². The number of carboxylic acid groups (broad SMARTS) is 1. The molecule has 1 aromatic rings. The number of hydrogen-bond donors (Lipinski definition) is 2. The SMILES string of the molecule is Cc1cc(C)cc(C(=O)N[C@H](CCC(=O)O)C(=O)N2CCC3(CCCC3)CC2)c1. The summed E-state index contributed by atoms with van der Waals surface area (Å²) in [5.74, 6) is -1.45. The summed E-state index contributed by atoms with van der Waals surface area (Å²) in [4.78, 5) is 38.8. The molecule has 0 unspecified atom stereocenters. The van der Waals surface area contributed by atoms with E-state index in [1.165, 1.54) is 25.7 Å². The lowest BCUT2D eigenvalue weighted by atomic mass is 9.77. The van der Waals surface area contributed by atoms with Crippen molar-refractivity contribution in [2.24, 2.45) is 5.41 Å². The highest BCUT2D eigenvalue weighted by atomic mass is 16.4. The number of nitrogens with zero attached hydrogens (tertiary/aromatic N) is 1. The second kappa shape index (κ2) is 8.97. The Labute approximate surface area is 172 Å². The van der Waals surface area contributed by atoms with Crippen LogP contribution in [0, 0.1) is 19.3 Å². The molecule has 1 heterocycles. The molecule has 1 spiro atoms. The van der Waals surface area contributed by atoms with Crippen molar-refractivity contribution in [3.8, 4) is 0 Å². The van der Waals surface area contributed by atoms with Gasteiger partial charge in [0.25, 0.3) is 5.91 Å². The smallest absolute Gasteiger partial charge is 0.303 e. The van der Waals surface area contributed by atoms with Crippen LogP contribution >= 0.6 is 0 Å². The lowest BCUT2D eigenvalue weighted by Gasteiger charge is -2.40. The van der Waals surface area contributed by atoms with Gasteiger partial charge in [0.1, 0.15) is 6.04 Å². The number of aliphatic carboxylic acids is 1. The van der Waals surface area contributed by atoms with E-state index in [2.05, 4.69) is 5.32 Å². The van der Waals surface area contributed by atoms with Gasteiger partial charge in [-0.3, -0.25) is 14.4 Å². The van der Waals surface area contributed by atoms with Gasteiger partial charge in [0.15, 0.2) is 0 Å². The van der Waals surface area contributed by atoms with Crippen molar-refractivity contribution in [3.05, 3.63) is 34.9 Å². The first-order valence-corrected chi connectivity index (χ1v) is 10.7. The molecule has 0 aromatic heterocycles. The Morgan fingerprint density at radius 2 is 1.62 bits per heavy atom.